The highest BCUT2D eigenvalue weighted by molar-refractivity contribution is 7.14. The van der Waals surface area contributed by atoms with Gasteiger partial charge in [-0.1, -0.05) is 20.8 Å². The Morgan fingerprint density at radius 3 is 2.42 bits per heavy atom. The van der Waals surface area contributed by atoms with Gasteiger partial charge in [0.15, 0.2) is 0 Å². The number of ketones is 1. The Morgan fingerprint density at radius 2 is 1.89 bits per heavy atom. The summed E-state index contributed by atoms with van der Waals surface area (Å²) in [6.07, 6.45) is 0. The molecule has 2 rings (SSSR count). The van der Waals surface area contributed by atoms with Gasteiger partial charge in [-0.3, -0.25) is 4.79 Å². The van der Waals surface area contributed by atoms with Crippen molar-refractivity contribution in [3.8, 4) is 0 Å². The largest absolute Gasteiger partial charge is 0.396 e. The fourth-order valence-electron chi connectivity index (χ4n) is 1.69. The highest BCUT2D eigenvalue weighted by atomic mass is 32.1. The van der Waals surface area contributed by atoms with E-state index in [1.54, 1.807) is 0 Å². The average Bonchev–Trinajstić information content (AvgIpc) is 2.81. The molecule has 100 valence electrons. The number of thiophene rings is 1. The quantitative estimate of drug-likeness (QED) is 0.666. The number of nitrogens with two attached hydrogens (primary N) is 1. The van der Waals surface area contributed by atoms with Crippen LogP contribution in [0.4, 0.5) is 10.1 Å². The van der Waals surface area contributed by atoms with E-state index in [2.05, 4.69) is 20.8 Å². The monoisotopic (exact) mass is 277 g/mol. The van der Waals surface area contributed by atoms with Gasteiger partial charge in [0, 0.05) is 10.4 Å². The van der Waals surface area contributed by atoms with Crippen LogP contribution >= 0.6 is 11.3 Å². The van der Waals surface area contributed by atoms with Crippen LogP contribution in [0.1, 0.15) is 40.9 Å². The SMILES string of the molecule is CC(C)(C)c1ccc(C(=O)c2ccc(F)c(N)c2)s1. The minimum Gasteiger partial charge on any atom is -0.396 e. The lowest BCUT2D eigenvalue weighted by Crippen LogP contribution is -2.08. The second-order valence-corrected chi connectivity index (χ2v) is 6.56. The van der Waals surface area contributed by atoms with Crippen LogP contribution in [-0.4, -0.2) is 5.78 Å². The molecule has 2 N–H and O–H groups in total. The van der Waals surface area contributed by atoms with Crippen molar-refractivity contribution in [2.24, 2.45) is 0 Å². The maximum absolute atomic E-state index is 13.1. The van der Waals surface area contributed by atoms with E-state index in [-0.39, 0.29) is 16.9 Å². The van der Waals surface area contributed by atoms with Gasteiger partial charge >= 0.3 is 0 Å². The third-order valence-electron chi connectivity index (χ3n) is 2.83. The molecule has 4 heteroatoms. The predicted octanol–water partition coefficient (Wildman–Crippen LogP) is 4.00. The Bertz CT molecular complexity index is 625. The van der Waals surface area contributed by atoms with Gasteiger partial charge in [-0.05, 0) is 35.7 Å². The highest BCUT2D eigenvalue weighted by Crippen LogP contribution is 2.30. The van der Waals surface area contributed by atoms with Crippen LogP contribution in [0.2, 0.25) is 0 Å². The molecular formula is C15H16FNOS. The van der Waals surface area contributed by atoms with Crippen molar-refractivity contribution in [3.63, 3.8) is 0 Å². The molecule has 1 aromatic heterocycles. The lowest BCUT2D eigenvalue weighted by Gasteiger charge is -2.15. The minimum atomic E-state index is -0.502. The van der Waals surface area contributed by atoms with Crippen LogP contribution in [0.15, 0.2) is 30.3 Å². The summed E-state index contributed by atoms with van der Waals surface area (Å²) in [5.74, 6) is -0.620. The summed E-state index contributed by atoms with van der Waals surface area (Å²) < 4.78 is 13.1. The molecule has 1 aromatic carbocycles. The van der Waals surface area contributed by atoms with Crippen molar-refractivity contribution < 1.29 is 9.18 Å². The zero-order valence-corrected chi connectivity index (χ0v) is 12.0. The summed E-state index contributed by atoms with van der Waals surface area (Å²) in [7, 11) is 0. The predicted molar refractivity (Wildman–Crippen MR) is 77.3 cm³/mol. The van der Waals surface area contributed by atoms with E-state index in [1.807, 2.05) is 12.1 Å². The molecular weight excluding hydrogens is 261 g/mol. The molecule has 0 amide bonds. The second kappa shape index (κ2) is 4.78. The molecule has 0 spiro atoms. The van der Waals surface area contributed by atoms with Crippen molar-refractivity contribution in [1.29, 1.82) is 0 Å². The van der Waals surface area contributed by atoms with Crippen LogP contribution in [-0.2, 0) is 5.41 Å². The maximum Gasteiger partial charge on any atom is 0.203 e. The third kappa shape index (κ3) is 2.84. The minimum absolute atomic E-state index is 0.00143. The molecule has 2 aromatic rings. The fraction of sp³-hybridized carbons (Fsp3) is 0.267. The Morgan fingerprint density at radius 1 is 1.21 bits per heavy atom. The van der Waals surface area contributed by atoms with Crippen LogP contribution < -0.4 is 5.73 Å². The smallest absolute Gasteiger partial charge is 0.203 e. The van der Waals surface area contributed by atoms with Crippen molar-refractivity contribution in [2.75, 3.05) is 5.73 Å². The van der Waals surface area contributed by atoms with E-state index >= 15 is 0 Å². The normalized spacial score (nSPS) is 11.6. The standard InChI is InChI=1S/C15H16FNOS/c1-15(2,3)13-7-6-12(19-13)14(18)9-4-5-10(16)11(17)8-9/h4-8H,17H2,1-3H3. The zero-order valence-electron chi connectivity index (χ0n) is 11.2. The average molecular weight is 277 g/mol. The molecule has 0 fully saturated rings. The third-order valence-corrected chi connectivity index (χ3v) is 4.34. The Balaban J connectivity index is 2.34. The number of nitrogen functional groups attached to an aromatic ring is 1. The van der Waals surface area contributed by atoms with Gasteiger partial charge in [-0.2, -0.15) is 0 Å². The first-order chi connectivity index (χ1) is 8.79. The summed E-state index contributed by atoms with van der Waals surface area (Å²) in [6.45, 7) is 6.30. The van der Waals surface area contributed by atoms with Crippen LogP contribution in [0.3, 0.4) is 0 Å². The molecule has 0 radical (unpaired) electrons. The van der Waals surface area contributed by atoms with Gasteiger partial charge in [-0.25, -0.2) is 4.39 Å². The molecule has 0 bridgehead atoms. The van der Waals surface area contributed by atoms with Gasteiger partial charge in [0.05, 0.1) is 10.6 Å². The Hall–Kier alpha value is -1.68. The first kappa shape index (κ1) is 13.7. The second-order valence-electron chi connectivity index (χ2n) is 5.48. The number of carbonyl (C=O) groups is 1. The van der Waals surface area contributed by atoms with E-state index in [4.69, 9.17) is 5.73 Å². The summed E-state index contributed by atoms with van der Waals surface area (Å²) in [5, 5.41) is 0. The van der Waals surface area contributed by atoms with Crippen LogP contribution in [0, 0.1) is 5.82 Å². The van der Waals surface area contributed by atoms with Gasteiger partial charge in [0.25, 0.3) is 0 Å². The van der Waals surface area contributed by atoms with E-state index in [9.17, 15) is 9.18 Å². The molecule has 2 nitrogen and oxygen atoms in total. The number of hydrogen-bond acceptors (Lipinski definition) is 3. The zero-order chi connectivity index (χ0) is 14.2. The lowest BCUT2D eigenvalue weighted by molar-refractivity contribution is 0.104. The van der Waals surface area contributed by atoms with Crippen molar-refractivity contribution in [3.05, 3.63) is 51.5 Å². The number of rotatable bonds is 2. The maximum atomic E-state index is 13.1. The molecule has 0 saturated carbocycles. The van der Waals surface area contributed by atoms with E-state index < -0.39 is 5.82 Å². The van der Waals surface area contributed by atoms with Gasteiger partial charge < -0.3 is 5.73 Å². The number of benzene rings is 1. The van der Waals surface area contributed by atoms with Crippen molar-refractivity contribution in [1.82, 2.24) is 0 Å². The molecule has 0 aliphatic rings. The van der Waals surface area contributed by atoms with Crippen LogP contribution in [0.5, 0.6) is 0 Å². The molecule has 0 atom stereocenters. The van der Waals surface area contributed by atoms with Gasteiger partial charge in [-0.15, -0.1) is 11.3 Å². The van der Waals surface area contributed by atoms with Gasteiger partial charge in [0.2, 0.25) is 5.78 Å². The van der Waals surface area contributed by atoms with Crippen LogP contribution in [0.25, 0.3) is 0 Å². The summed E-state index contributed by atoms with van der Waals surface area (Å²) in [5.41, 5.74) is 5.92. The molecule has 0 aliphatic heterocycles. The number of halogens is 1. The van der Waals surface area contributed by atoms with Gasteiger partial charge in [0.1, 0.15) is 5.82 Å². The molecule has 19 heavy (non-hydrogen) atoms. The molecule has 0 aliphatic carbocycles. The summed E-state index contributed by atoms with van der Waals surface area (Å²) >= 11 is 1.47. The fourth-order valence-corrected chi connectivity index (χ4v) is 2.72. The molecule has 1 heterocycles. The number of anilines is 1. The first-order valence-electron chi connectivity index (χ1n) is 5.99. The first-order valence-corrected chi connectivity index (χ1v) is 6.81. The van der Waals surface area contributed by atoms with E-state index in [0.29, 0.717) is 10.4 Å². The molecule has 0 unspecified atom stereocenters. The molecule has 0 saturated heterocycles. The van der Waals surface area contributed by atoms with E-state index in [0.717, 1.165) is 4.88 Å². The highest BCUT2D eigenvalue weighted by Gasteiger charge is 2.19. The van der Waals surface area contributed by atoms with E-state index in [1.165, 1.54) is 29.5 Å². The Labute approximate surface area is 116 Å². The Kier molecular flexibility index (Phi) is 3.45. The van der Waals surface area contributed by atoms with Crippen molar-refractivity contribution >= 4 is 22.8 Å². The lowest BCUT2D eigenvalue weighted by atomic mass is 9.95. The summed E-state index contributed by atoms with van der Waals surface area (Å²) in [4.78, 5) is 14.1. The topological polar surface area (TPSA) is 43.1 Å². The number of hydrogen-bond donors (Lipinski definition) is 1. The summed E-state index contributed by atoms with van der Waals surface area (Å²) in [6, 6.07) is 7.84. The number of carbonyl (C=O) groups excluding carboxylic acids is 1. The van der Waals surface area contributed by atoms with Crippen molar-refractivity contribution in [2.45, 2.75) is 26.2 Å².